The highest BCUT2D eigenvalue weighted by Gasteiger charge is 2.30. The first kappa shape index (κ1) is 13.8. The van der Waals surface area contributed by atoms with E-state index >= 15 is 0 Å². The minimum atomic E-state index is -0.185. The first-order valence-electron chi connectivity index (χ1n) is 6.88. The Balaban J connectivity index is 2.18. The predicted molar refractivity (Wildman–Crippen MR) is 74.3 cm³/mol. The number of aromatic amines is 1. The number of hydrogen-bond acceptors (Lipinski definition) is 3. The summed E-state index contributed by atoms with van der Waals surface area (Å²) in [7, 11) is 0. The van der Waals surface area contributed by atoms with Crippen LogP contribution < -0.4 is 10.9 Å². The van der Waals surface area contributed by atoms with Gasteiger partial charge in [0.05, 0.1) is 5.56 Å². The number of hydrogen-bond donors (Lipinski definition) is 2. The highest BCUT2D eigenvalue weighted by molar-refractivity contribution is 5.94. The average Bonchev–Trinajstić information content (AvgIpc) is 2.46. The molecule has 0 bridgehead atoms. The van der Waals surface area contributed by atoms with Gasteiger partial charge in [0.25, 0.3) is 5.91 Å². The van der Waals surface area contributed by atoms with Gasteiger partial charge in [0.1, 0.15) is 0 Å². The molecule has 0 saturated carbocycles. The summed E-state index contributed by atoms with van der Waals surface area (Å²) in [5, 5.41) is 3.46. The van der Waals surface area contributed by atoms with Crippen LogP contribution in [0.4, 0.5) is 0 Å². The number of H-pyrrole nitrogens is 1. The minimum Gasteiger partial charge on any atom is -0.333 e. The van der Waals surface area contributed by atoms with Crippen LogP contribution in [0, 0.1) is 0 Å². The van der Waals surface area contributed by atoms with Crippen LogP contribution in [0.25, 0.3) is 0 Å². The lowest BCUT2D eigenvalue weighted by atomic mass is 10.0. The fourth-order valence-corrected chi connectivity index (χ4v) is 2.46. The molecule has 1 fully saturated rings. The lowest BCUT2D eigenvalue weighted by Gasteiger charge is -2.40. The summed E-state index contributed by atoms with van der Waals surface area (Å²) in [6.07, 6.45) is 3.44. The van der Waals surface area contributed by atoms with Crippen LogP contribution in [0.5, 0.6) is 0 Å². The van der Waals surface area contributed by atoms with Crippen molar-refractivity contribution in [1.29, 1.82) is 0 Å². The van der Waals surface area contributed by atoms with Crippen molar-refractivity contribution in [2.45, 2.75) is 38.8 Å². The van der Waals surface area contributed by atoms with Crippen molar-refractivity contribution in [2.24, 2.45) is 0 Å². The number of carbonyl (C=O) groups excluding carboxylic acids is 1. The van der Waals surface area contributed by atoms with E-state index in [1.165, 1.54) is 12.3 Å². The van der Waals surface area contributed by atoms with E-state index in [0.717, 1.165) is 25.9 Å². The largest absolute Gasteiger partial charge is 0.333 e. The van der Waals surface area contributed by atoms with Gasteiger partial charge in [-0.2, -0.15) is 0 Å². The summed E-state index contributed by atoms with van der Waals surface area (Å²) in [6.45, 7) is 5.77. The van der Waals surface area contributed by atoms with Crippen molar-refractivity contribution in [3.05, 3.63) is 34.2 Å². The molecule has 1 aromatic heterocycles. The molecule has 104 valence electrons. The molecule has 0 radical (unpaired) electrons. The molecule has 1 aromatic rings. The Hall–Kier alpha value is -1.62. The third-order valence-electron chi connectivity index (χ3n) is 3.76. The molecule has 2 atom stereocenters. The summed E-state index contributed by atoms with van der Waals surface area (Å²) < 4.78 is 0. The van der Waals surface area contributed by atoms with Gasteiger partial charge in [0.2, 0.25) is 5.56 Å². The second kappa shape index (κ2) is 6.02. The molecule has 1 aliphatic rings. The quantitative estimate of drug-likeness (QED) is 0.854. The summed E-state index contributed by atoms with van der Waals surface area (Å²) in [5.74, 6) is 0.00282. The Morgan fingerprint density at radius 3 is 2.74 bits per heavy atom. The maximum Gasteiger partial charge on any atom is 0.255 e. The number of carbonyl (C=O) groups is 1. The Morgan fingerprint density at radius 2 is 2.16 bits per heavy atom. The monoisotopic (exact) mass is 263 g/mol. The number of nitrogens with zero attached hydrogens (tertiary/aromatic N) is 1. The third kappa shape index (κ3) is 3.04. The van der Waals surface area contributed by atoms with Gasteiger partial charge in [0.15, 0.2) is 0 Å². The first-order valence-corrected chi connectivity index (χ1v) is 6.88. The molecule has 2 rings (SSSR count). The van der Waals surface area contributed by atoms with Gasteiger partial charge in [0, 0.05) is 37.4 Å². The van der Waals surface area contributed by atoms with Crippen molar-refractivity contribution < 1.29 is 4.79 Å². The fourth-order valence-electron chi connectivity index (χ4n) is 2.46. The fraction of sp³-hybridized carbons (Fsp3) is 0.571. The molecule has 5 heteroatoms. The maximum absolute atomic E-state index is 12.5. The molecule has 5 nitrogen and oxygen atoms in total. The van der Waals surface area contributed by atoms with E-state index < -0.39 is 0 Å². The third-order valence-corrected chi connectivity index (χ3v) is 3.76. The SMILES string of the molecule is CCC1CN(C(=O)c2ccc(=O)[nH]c2)C(CC)CN1. The average molecular weight is 263 g/mol. The molecule has 2 heterocycles. The number of pyridine rings is 1. The van der Waals surface area contributed by atoms with Crippen LogP contribution >= 0.6 is 0 Å². The first-order chi connectivity index (χ1) is 9.15. The minimum absolute atomic E-state index is 0.00282. The normalized spacial score (nSPS) is 23.4. The zero-order valence-electron chi connectivity index (χ0n) is 11.5. The Morgan fingerprint density at radius 1 is 1.37 bits per heavy atom. The predicted octanol–water partition coefficient (Wildman–Crippen LogP) is 0.978. The van der Waals surface area contributed by atoms with Crippen LogP contribution in [0.3, 0.4) is 0 Å². The van der Waals surface area contributed by atoms with Crippen LogP contribution in [0.2, 0.25) is 0 Å². The Bertz CT molecular complexity index is 477. The number of amides is 1. The Labute approximate surface area is 113 Å². The zero-order valence-corrected chi connectivity index (χ0v) is 11.5. The summed E-state index contributed by atoms with van der Waals surface area (Å²) in [4.78, 5) is 28.1. The Kier molecular flexibility index (Phi) is 4.37. The van der Waals surface area contributed by atoms with E-state index in [1.54, 1.807) is 6.07 Å². The lowest BCUT2D eigenvalue weighted by molar-refractivity contribution is 0.0575. The van der Waals surface area contributed by atoms with Gasteiger partial charge >= 0.3 is 0 Å². The highest BCUT2D eigenvalue weighted by atomic mass is 16.2. The second-order valence-electron chi connectivity index (χ2n) is 4.97. The molecule has 0 aromatic carbocycles. The smallest absolute Gasteiger partial charge is 0.255 e. The van der Waals surface area contributed by atoms with Crippen molar-refractivity contribution >= 4 is 5.91 Å². The van der Waals surface area contributed by atoms with Gasteiger partial charge in [-0.1, -0.05) is 13.8 Å². The van der Waals surface area contributed by atoms with E-state index in [4.69, 9.17) is 0 Å². The van der Waals surface area contributed by atoms with E-state index in [0.29, 0.717) is 11.6 Å². The maximum atomic E-state index is 12.5. The van der Waals surface area contributed by atoms with Crippen LogP contribution in [-0.4, -0.2) is 41.0 Å². The van der Waals surface area contributed by atoms with Crippen LogP contribution in [0.15, 0.2) is 23.1 Å². The van der Waals surface area contributed by atoms with E-state index in [-0.39, 0.29) is 17.5 Å². The molecular formula is C14H21N3O2. The van der Waals surface area contributed by atoms with Crippen molar-refractivity contribution in [3.63, 3.8) is 0 Å². The molecule has 1 aliphatic heterocycles. The molecule has 2 N–H and O–H groups in total. The lowest BCUT2D eigenvalue weighted by Crippen LogP contribution is -2.57. The van der Waals surface area contributed by atoms with E-state index in [1.807, 2.05) is 4.90 Å². The topological polar surface area (TPSA) is 65.2 Å². The number of nitrogens with one attached hydrogen (secondary N) is 2. The molecule has 1 amide bonds. The zero-order chi connectivity index (χ0) is 13.8. The van der Waals surface area contributed by atoms with Gasteiger partial charge in [-0.25, -0.2) is 0 Å². The van der Waals surface area contributed by atoms with Crippen molar-refractivity contribution in [1.82, 2.24) is 15.2 Å². The van der Waals surface area contributed by atoms with E-state index in [2.05, 4.69) is 24.1 Å². The van der Waals surface area contributed by atoms with Crippen molar-refractivity contribution in [2.75, 3.05) is 13.1 Å². The molecule has 2 unspecified atom stereocenters. The van der Waals surface area contributed by atoms with Gasteiger partial charge in [-0.15, -0.1) is 0 Å². The van der Waals surface area contributed by atoms with Gasteiger partial charge in [-0.05, 0) is 18.9 Å². The number of rotatable bonds is 3. The second-order valence-corrected chi connectivity index (χ2v) is 4.97. The van der Waals surface area contributed by atoms with E-state index in [9.17, 15) is 9.59 Å². The standard InChI is InChI=1S/C14H21N3O2/c1-3-11-9-17(12(4-2)8-15-11)14(19)10-5-6-13(18)16-7-10/h5-7,11-12,15H,3-4,8-9H2,1-2H3,(H,16,18). The highest BCUT2D eigenvalue weighted by Crippen LogP contribution is 2.15. The van der Waals surface area contributed by atoms with Crippen LogP contribution in [-0.2, 0) is 0 Å². The van der Waals surface area contributed by atoms with Gasteiger partial charge in [-0.3, -0.25) is 9.59 Å². The molecular weight excluding hydrogens is 242 g/mol. The molecule has 19 heavy (non-hydrogen) atoms. The molecule has 0 spiro atoms. The van der Waals surface area contributed by atoms with Crippen LogP contribution in [0.1, 0.15) is 37.0 Å². The molecule has 0 aliphatic carbocycles. The number of aromatic nitrogens is 1. The summed E-state index contributed by atoms with van der Waals surface area (Å²) in [6, 6.07) is 3.57. The molecule has 1 saturated heterocycles. The number of piperazine rings is 1. The van der Waals surface area contributed by atoms with Gasteiger partial charge < -0.3 is 15.2 Å². The summed E-state index contributed by atoms with van der Waals surface area (Å²) in [5.41, 5.74) is 0.366. The summed E-state index contributed by atoms with van der Waals surface area (Å²) >= 11 is 0. The van der Waals surface area contributed by atoms with Crippen molar-refractivity contribution in [3.8, 4) is 0 Å².